The number of para-hydroxylation sites is 1. The van der Waals surface area contributed by atoms with Crippen molar-refractivity contribution in [2.24, 2.45) is 0 Å². The van der Waals surface area contributed by atoms with E-state index < -0.39 is 0 Å². The van der Waals surface area contributed by atoms with Gasteiger partial charge in [-0.25, -0.2) is 10.5 Å². The summed E-state index contributed by atoms with van der Waals surface area (Å²) >= 11 is 3.20. The highest BCUT2D eigenvalue weighted by atomic mass is 32.2. The van der Waals surface area contributed by atoms with Gasteiger partial charge in [-0.3, -0.25) is 9.63 Å². The fraction of sp³-hybridized carbons (Fsp3) is 0.250. The zero-order valence-electron chi connectivity index (χ0n) is 12.8. The van der Waals surface area contributed by atoms with Crippen LogP contribution in [0.2, 0.25) is 0 Å². The van der Waals surface area contributed by atoms with Gasteiger partial charge in [0, 0.05) is 27.8 Å². The summed E-state index contributed by atoms with van der Waals surface area (Å²) < 4.78 is 6.71. The molecule has 5 nitrogen and oxygen atoms in total. The van der Waals surface area contributed by atoms with Crippen molar-refractivity contribution in [2.75, 3.05) is 6.61 Å². The molecule has 1 aromatic carbocycles. The lowest BCUT2D eigenvalue weighted by molar-refractivity contribution is 0.0341. The van der Waals surface area contributed by atoms with E-state index in [2.05, 4.69) is 10.5 Å². The lowest BCUT2D eigenvalue weighted by Gasteiger charge is -2.03. The van der Waals surface area contributed by atoms with Crippen LogP contribution in [0.25, 0.3) is 11.0 Å². The molecule has 0 saturated carbocycles. The fourth-order valence-corrected chi connectivity index (χ4v) is 4.02. The second-order valence-corrected chi connectivity index (χ2v) is 6.89. The van der Waals surface area contributed by atoms with Gasteiger partial charge in [0.15, 0.2) is 5.76 Å². The molecular formula is C16H16N2O3S2. The molecular weight excluding hydrogens is 332 g/mol. The van der Waals surface area contributed by atoms with Crippen LogP contribution >= 0.6 is 23.1 Å². The number of amides is 1. The number of fused-ring (bicyclic) bond motifs is 1. The minimum Gasteiger partial charge on any atom is -0.450 e. The molecule has 0 fully saturated rings. The first-order chi connectivity index (χ1) is 11.2. The van der Waals surface area contributed by atoms with Crippen molar-refractivity contribution in [1.29, 1.82) is 0 Å². The predicted molar refractivity (Wildman–Crippen MR) is 91.7 cm³/mol. The van der Waals surface area contributed by atoms with E-state index in [9.17, 15) is 4.79 Å². The molecule has 2 heterocycles. The number of hydrogen-bond donors (Lipinski definition) is 1. The standard InChI is InChI=1S/C16H16N2O3S2/c1-3-20-18-15(19)14-12(9-23-16-17-10(2)8-22-16)11-6-4-5-7-13(11)21-14/h4-8H,3,9H2,1-2H3,(H,18,19). The van der Waals surface area contributed by atoms with Crippen molar-refractivity contribution < 1.29 is 14.0 Å². The molecule has 0 aliphatic rings. The van der Waals surface area contributed by atoms with Crippen LogP contribution in [-0.4, -0.2) is 17.5 Å². The Morgan fingerprint density at radius 1 is 1.43 bits per heavy atom. The van der Waals surface area contributed by atoms with Crippen LogP contribution in [0.5, 0.6) is 0 Å². The highest BCUT2D eigenvalue weighted by molar-refractivity contribution is 8.00. The van der Waals surface area contributed by atoms with Gasteiger partial charge in [0.25, 0.3) is 0 Å². The summed E-state index contributed by atoms with van der Waals surface area (Å²) in [6, 6.07) is 7.63. The molecule has 3 rings (SSSR count). The third kappa shape index (κ3) is 3.57. The average Bonchev–Trinajstić information content (AvgIpc) is 3.14. The number of aromatic nitrogens is 1. The van der Waals surface area contributed by atoms with Crippen LogP contribution in [0, 0.1) is 6.92 Å². The van der Waals surface area contributed by atoms with Crippen molar-refractivity contribution in [3.63, 3.8) is 0 Å². The minimum absolute atomic E-state index is 0.292. The van der Waals surface area contributed by atoms with Gasteiger partial charge in [0.1, 0.15) is 9.92 Å². The zero-order valence-corrected chi connectivity index (χ0v) is 14.4. The summed E-state index contributed by atoms with van der Waals surface area (Å²) in [5.41, 5.74) is 4.95. The third-order valence-electron chi connectivity index (χ3n) is 3.15. The first kappa shape index (κ1) is 16.0. The number of nitrogens with one attached hydrogen (secondary N) is 1. The minimum atomic E-state index is -0.367. The molecule has 1 amide bonds. The summed E-state index contributed by atoms with van der Waals surface area (Å²) in [6.45, 7) is 4.17. The zero-order chi connectivity index (χ0) is 16.2. The van der Waals surface area contributed by atoms with Crippen LogP contribution in [-0.2, 0) is 10.6 Å². The maximum Gasteiger partial charge on any atom is 0.310 e. The summed E-state index contributed by atoms with van der Waals surface area (Å²) in [7, 11) is 0. The van der Waals surface area contributed by atoms with Crippen LogP contribution < -0.4 is 5.48 Å². The molecule has 0 unspecified atom stereocenters. The Hall–Kier alpha value is -1.83. The topological polar surface area (TPSA) is 64.4 Å². The number of hydroxylamine groups is 1. The normalized spacial score (nSPS) is 11.0. The van der Waals surface area contributed by atoms with E-state index in [0.717, 1.165) is 21.0 Å². The Kier molecular flexibility index (Phi) is 5.00. The predicted octanol–water partition coefficient (Wildman–Crippen LogP) is 4.17. The first-order valence-corrected chi connectivity index (χ1v) is 9.03. The van der Waals surface area contributed by atoms with Crippen molar-refractivity contribution >= 4 is 40.0 Å². The fourth-order valence-electron chi connectivity index (χ4n) is 2.14. The number of carbonyl (C=O) groups excluding carboxylic acids is 1. The Bertz CT molecular complexity index is 826. The molecule has 0 aliphatic heterocycles. The number of carbonyl (C=O) groups is 1. The number of hydrogen-bond acceptors (Lipinski definition) is 6. The maximum absolute atomic E-state index is 12.3. The SMILES string of the molecule is CCONC(=O)c1oc2ccccc2c1CSc1nc(C)cs1. The molecule has 0 atom stereocenters. The van der Waals surface area contributed by atoms with Gasteiger partial charge in [0.2, 0.25) is 0 Å². The number of benzene rings is 1. The van der Waals surface area contributed by atoms with E-state index in [4.69, 9.17) is 9.25 Å². The molecule has 1 N–H and O–H groups in total. The Balaban J connectivity index is 1.90. The van der Waals surface area contributed by atoms with Crippen LogP contribution in [0.3, 0.4) is 0 Å². The molecule has 2 aromatic heterocycles. The van der Waals surface area contributed by atoms with Crippen molar-refractivity contribution in [3.05, 3.63) is 46.7 Å². The Morgan fingerprint density at radius 2 is 2.26 bits per heavy atom. The van der Waals surface area contributed by atoms with Crippen LogP contribution in [0.4, 0.5) is 0 Å². The van der Waals surface area contributed by atoms with Crippen LogP contribution in [0.1, 0.15) is 28.7 Å². The number of furan rings is 1. The van der Waals surface area contributed by atoms with E-state index in [-0.39, 0.29) is 5.91 Å². The van der Waals surface area contributed by atoms with Gasteiger partial charge in [-0.05, 0) is 19.9 Å². The number of rotatable bonds is 6. The highest BCUT2D eigenvalue weighted by Gasteiger charge is 2.21. The van der Waals surface area contributed by atoms with Gasteiger partial charge in [-0.15, -0.1) is 11.3 Å². The summed E-state index contributed by atoms with van der Waals surface area (Å²) in [5, 5.41) is 2.95. The quantitative estimate of drug-likeness (QED) is 0.535. The molecule has 0 aliphatic carbocycles. The Morgan fingerprint density at radius 3 is 3.00 bits per heavy atom. The molecule has 0 bridgehead atoms. The van der Waals surface area contributed by atoms with Gasteiger partial charge >= 0.3 is 5.91 Å². The van der Waals surface area contributed by atoms with Crippen LogP contribution in [0.15, 0.2) is 38.4 Å². The first-order valence-electron chi connectivity index (χ1n) is 7.16. The van der Waals surface area contributed by atoms with E-state index >= 15 is 0 Å². The van der Waals surface area contributed by atoms with E-state index in [0.29, 0.717) is 23.7 Å². The summed E-state index contributed by atoms with van der Waals surface area (Å²) in [4.78, 5) is 21.7. The summed E-state index contributed by atoms with van der Waals surface area (Å²) in [5.74, 6) is 0.535. The second kappa shape index (κ2) is 7.16. The summed E-state index contributed by atoms with van der Waals surface area (Å²) in [6.07, 6.45) is 0. The second-order valence-electron chi connectivity index (χ2n) is 4.81. The number of thioether (sulfide) groups is 1. The maximum atomic E-state index is 12.3. The average molecular weight is 348 g/mol. The van der Waals surface area contributed by atoms with Gasteiger partial charge in [-0.2, -0.15) is 0 Å². The number of aryl methyl sites for hydroxylation is 1. The van der Waals surface area contributed by atoms with Crippen molar-refractivity contribution in [1.82, 2.24) is 10.5 Å². The molecule has 0 spiro atoms. The molecule has 7 heteroatoms. The van der Waals surface area contributed by atoms with E-state index in [1.807, 2.05) is 36.6 Å². The van der Waals surface area contributed by atoms with Crippen molar-refractivity contribution in [3.8, 4) is 0 Å². The lowest BCUT2D eigenvalue weighted by atomic mass is 10.1. The monoisotopic (exact) mass is 348 g/mol. The Labute approximate surface area is 142 Å². The van der Waals surface area contributed by atoms with Gasteiger partial charge in [0.05, 0.1) is 6.61 Å². The van der Waals surface area contributed by atoms with E-state index in [1.54, 1.807) is 30.0 Å². The molecule has 0 saturated heterocycles. The smallest absolute Gasteiger partial charge is 0.310 e. The van der Waals surface area contributed by atoms with Gasteiger partial charge < -0.3 is 4.42 Å². The molecule has 120 valence electrons. The van der Waals surface area contributed by atoms with Crippen molar-refractivity contribution in [2.45, 2.75) is 23.9 Å². The lowest BCUT2D eigenvalue weighted by Crippen LogP contribution is -2.24. The largest absolute Gasteiger partial charge is 0.450 e. The molecule has 0 radical (unpaired) electrons. The highest BCUT2D eigenvalue weighted by Crippen LogP contribution is 2.33. The number of thiazole rings is 1. The third-order valence-corrected chi connectivity index (χ3v) is 5.32. The molecule has 23 heavy (non-hydrogen) atoms. The molecule has 3 aromatic rings. The van der Waals surface area contributed by atoms with Gasteiger partial charge in [-0.1, -0.05) is 30.0 Å². The van der Waals surface area contributed by atoms with E-state index in [1.165, 1.54) is 0 Å². The number of nitrogens with zero attached hydrogens (tertiary/aromatic N) is 1.